The van der Waals surface area contributed by atoms with Crippen LogP contribution in [0.1, 0.15) is 46.0 Å². The number of ether oxygens (including phenoxy) is 1. The molecule has 0 aromatic heterocycles. The van der Waals surface area contributed by atoms with Gasteiger partial charge in [0.1, 0.15) is 0 Å². The van der Waals surface area contributed by atoms with E-state index in [-0.39, 0.29) is 6.10 Å². The van der Waals surface area contributed by atoms with E-state index < -0.39 is 11.6 Å². The summed E-state index contributed by atoms with van der Waals surface area (Å²) < 4.78 is 18.7. The van der Waals surface area contributed by atoms with Crippen LogP contribution in [-0.4, -0.2) is 17.7 Å². The molecule has 0 aromatic carbocycles. The molecule has 0 radical (unpaired) electrons. The van der Waals surface area contributed by atoms with Gasteiger partial charge in [0.2, 0.25) is 5.67 Å². The van der Waals surface area contributed by atoms with E-state index in [1.807, 2.05) is 0 Å². The molecular weight excluding hydrogens is 171 g/mol. The van der Waals surface area contributed by atoms with Crippen molar-refractivity contribution in [3.05, 3.63) is 0 Å². The Labute approximate surface area is 78.5 Å². The van der Waals surface area contributed by atoms with Crippen molar-refractivity contribution in [3.63, 3.8) is 0 Å². The summed E-state index contributed by atoms with van der Waals surface area (Å²) in [4.78, 5) is 11.3. The third kappa shape index (κ3) is 2.68. The van der Waals surface area contributed by atoms with Gasteiger partial charge in [-0.15, -0.1) is 0 Å². The first-order valence-electron chi connectivity index (χ1n) is 4.94. The van der Waals surface area contributed by atoms with E-state index in [4.69, 9.17) is 4.74 Å². The number of alkyl halides is 1. The summed E-state index contributed by atoms with van der Waals surface area (Å²) in [6.45, 7) is 3.48. The SMILES string of the molecule is CC(C)OC(=O)C1(F)CCCCC1. The molecule has 1 aliphatic carbocycles. The van der Waals surface area contributed by atoms with Crippen LogP contribution in [0.15, 0.2) is 0 Å². The topological polar surface area (TPSA) is 26.3 Å². The fraction of sp³-hybridized carbons (Fsp3) is 0.900. The van der Waals surface area contributed by atoms with Crippen LogP contribution in [0.4, 0.5) is 4.39 Å². The lowest BCUT2D eigenvalue weighted by molar-refractivity contribution is -0.164. The Kier molecular flexibility index (Phi) is 3.28. The summed E-state index contributed by atoms with van der Waals surface area (Å²) >= 11 is 0. The van der Waals surface area contributed by atoms with Gasteiger partial charge < -0.3 is 4.74 Å². The van der Waals surface area contributed by atoms with Crippen LogP contribution in [0.2, 0.25) is 0 Å². The smallest absolute Gasteiger partial charge is 0.344 e. The van der Waals surface area contributed by atoms with Crippen molar-refractivity contribution >= 4 is 5.97 Å². The molecule has 0 aliphatic heterocycles. The Morgan fingerprint density at radius 2 is 1.85 bits per heavy atom. The molecule has 0 bridgehead atoms. The molecular formula is C10H17FO2. The summed E-state index contributed by atoms with van der Waals surface area (Å²) in [5.41, 5.74) is -1.69. The number of hydrogen-bond acceptors (Lipinski definition) is 2. The maximum absolute atomic E-state index is 13.9. The lowest BCUT2D eigenvalue weighted by Gasteiger charge is -2.27. The van der Waals surface area contributed by atoms with E-state index in [0.29, 0.717) is 12.8 Å². The standard InChI is InChI=1S/C10H17FO2/c1-8(2)13-9(12)10(11)6-4-3-5-7-10/h8H,3-7H2,1-2H3. The van der Waals surface area contributed by atoms with E-state index >= 15 is 0 Å². The largest absolute Gasteiger partial charge is 0.461 e. The fourth-order valence-electron chi connectivity index (χ4n) is 1.64. The molecule has 2 nitrogen and oxygen atoms in total. The minimum absolute atomic E-state index is 0.220. The van der Waals surface area contributed by atoms with Gasteiger partial charge in [0, 0.05) is 0 Å². The van der Waals surface area contributed by atoms with Crippen molar-refractivity contribution in [1.29, 1.82) is 0 Å². The predicted molar refractivity (Wildman–Crippen MR) is 48.2 cm³/mol. The zero-order valence-electron chi connectivity index (χ0n) is 8.31. The van der Waals surface area contributed by atoms with Crippen LogP contribution in [-0.2, 0) is 9.53 Å². The third-order valence-electron chi connectivity index (χ3n) is 2.35. The average Bonchev–Trinajstić information content (AvgIpc) is 2.04. The third-order valence-corrected chi connectivity index (χ3v) is 2.35. The summed E-state index contributed by atoms with van der Waals surface area (Å²) in [7, 11) is 0. The van der Waals surface area contributed by atoms with Gasteiger partial charge in [0.25, 0.3) is 0 Å². The molecule has 0 unspecified atom stereocenters. The summed E-state index contributed by atoms with van der Waals surface area (Å²) in [5, 5.41) is 0. The molecule has 0 aromatic rings. The molecule has 3 heteroatoms. The molecule has 1 aliphatic rings. The van der Waals surface area contributed by atoms with Crippen molar-refractivity contribution in [2.45, 2.75) is 57.7 Å². The quantitative estimate of drug-likeness (QED) is 0.623. The Bertz CT molecular complexity index is 183. The van der Waals surface area contributed by atoms with Crippen molar-refractivity contribution in [1.82, 2.24) is 0 Å². The number of hydrogen-bond donors (Lipinski definition) is 0. The number of carbonyl (C=O) groups is 1. The number of halogens is 1. The number of rotatable bonds is 2. The summed E-state index contributed by atoms with van der Waals surface area (Å²) in [5.74, 6) is -0.665. The maximum atomic E-state index is 13.9. The van der Waals surface area contributed by atoms with E-state index in [1.54, 1.807) is 13.8 Å². The molecule has 0 heterocycles. The highest BCUT2D eigenvalue weighted by atomic mass is 19.1. The Morgan fingerprint density at radius 1 is 1.31 bits per heavy atom. The number of carbonyl (C=O) groups excluding carboxylic acids is 1. The Hall–Kier alpha value is -0.600. The van der Waals surface area contributed by atoms with Gasteiger partial charge in [-0.05, 0) is 39.5 Å². The van der Waals surface area contributed by atoms with Crippen LogP contribution < -0.4 is 0 Å². The second-order valence-corrected chi connectivity index (χ2v) is 3.98. The Balaban J connectivity index is 2.51. The molecule has 0 N–H and O–H groups in total. The lowest BCUT2D eigenvalue weighted by atomic mass is 9.86. The zero-order valence-corrected chi connectivity index (χ0v) is 8.31. The van der Waals surface area contributed by atoms with Gasteiger partial charge in [-0.1, -0.05) is 6.42 Å². The highest BCUT2D eigenvalue weighted by molar-refractivity contribution is 5.79. The molecule has 1 rings (SSSR count). The predicted octanol–water partition coefficient (Wildman–Crippen LogP) is 2.61. The minimum Gasteiger partial charge on any atom is -0.461 e. The van der Waals surface area contributed by atoms with Gasteiger partial charge in [0.05, 0.1) is 6.10 Å². The molecule has 1 saturated carbocycles. The van der Waals surface area contributed by atoms with Crippen LogP contribution in [0.5, 0.6) is 0 Å². The second kappa shape index (κ2) is 4.07. The molecule has 0 saturated heterocycles. The van der Waals surface area contributed by atoms with Crippen molar-refractivity contribution in [3.8, 4) is 0 Å². The first kappa shape index (κ1) is 10.5. The summed E-state index contributed by atoms with van der Waals surface area (Å²) in [6, 6.07) is 0. The molecule has 0 amide bonds. The molecule has 0 atom stereocenters. The van der Waals surface area contributed by atoms with Crippen molar-refractivity contribution in [2.75, 3.05) is 0 Å². The van der Waals surface area contributed by atoms with Crippen LogP contribution in [0.25, 0.3) is 0 Å². The zero-order chi connectivity index (χ0) is 9.90. The minimum atomic E-state index is -1.69. The molecule has 0 spiro atoms. The average molecular weight is 188 g/mol. The van der Waals surface area contributed by atoms with E-state index in [9.17, 15) is 9.18 Å². The first-order valence-corrected chi connectivity index (χ1v) is 4.94. The van der Waals surface area contributed by atoms with Gasteiger partial charge in [-0.25, -0.2) is 9.18 Å². The normalized spacial score (nSPS) is 21.5. The van der Waals surface area contributed by atoms with Crippen molar-refractivity contribution < 1.29 is 13.9 Å². The van der Waals surface area contributed by atoms with E-state index in [0.717, 1.165) is 19.3 Å². The van der Waals surface area contributed by atoms with Crippen LogP contribution >= 0.6 is 0 Å². The monoisotopic (exact) mass is 188 g/mol. The highest BCUT2D eigenvalue weighted by Gasteiger charge is 2.41. The van der Waals surface area contributed by atoms with Gasteiger partial charge in [0.15, 0.2) is 0 Å². The van der Waals surface area contributed by atoms with Crippen LogP contribution in [0.3, 0.4) is 0 Å². The van der Waals surface area contributed by atoms with Crippen molar-refractivity contribution in [2.24, 2.45) is 0 Å². The molecule has 13 heavy (non-hydrogen) atoms. The van der Waals surface area contributed by atoms with Gasteiger partial charge >= 0.3 is 5.97 Å². The molecule has 1 fully saturated rings. The number of esters is 1. The molecule has 76 valence electrons. The maximum Gasteiger partial charge on any atom is 0.344 e. The first-order chi connectivity index (χ1) is 6.04. The fourth-order valence-corrected chi connectivity index (χ4v) is 1.64. The van der Waals surface area contributed by atoms with Gasteiger partial charge in [-0.2, -0.15) is 0 Å². The highest BCUT2D eigenvalue weighted by Crippen LogP contribution is 2.33. The second-order valence-electron chi connectivity index (χ2n) is 3.98. The summed E-state index contributed by atoms with van der Waals surface area (Å²) in [6.07, 6.45) is 3.06. The van der Waals surface area contributed by atoms with Gasteiger partial charge in [-0.3, -0.25) is 0 Å². The lowest BCUT2D eigenvalue weighted by Crippen LogP contribution is -2.38. The Morgan fingerprint density at radius 3 is 2.31 bits per heavy atom. The van der Waals surface area contributed by atoms with E-state index in [1.165, 1.54) is 0 Å². The van der Waals surface area contributed by atoms with Crippen LogP contribution in [0, 0.1) is 0 Å². The van der Waals surface area contributed by atoms with E-state index in [2.05, 4.69) is 0 Å².